The van der Waals surface area contributed by atoms with Crippen LogP contribution < -0.4 is 0 Å². The molecule has 1 amide bonds. The van der Waals surface area contributed by atoms with E-state index in [4.69, 9.17) is 4.52 Å². The zero-order valence-corrected chi connectivity index (χ0v) is 15.8. The molecular formula is C20H23N5O2. The summed E-state index contributed by atoms with van der Waals surface area (Å²) >= 11 is 0. The molecule has 140 valence electrons. The van der Waals surface area contributed by atoms with Gasteiger partial charge in [0.1, 0.15) is 11.3 Å². The maximum Gasteiger partial charge on any atom is 0.259 e. The summed E-state index contributed by atoms with van der Waals surface area (Å²) < 4.78 is 5.28. The largest absolute Gasteiger partial charge is 0.361 e. The highest BCUT2D eigenvalue weighted by atomic mass is 16.5. The summed E-state index contributed by atoms with van der Waals surface area (Å²) in [4.78, 5) is 19.4. The van der Waals surface area contributed by atoms with Crippen LogP contribution in [0.3, 0.4) is 0 Å². The van der Waals surface area contributed by atoms with E-state index in [0.717, 1.165) is 40.9 Å². The second-order valence-electron chi connectivity index (χ2n) is 6.96. The number of amides is 1. The molecule has 0 spiro atoms. The Morgan fingerprint density at radius 2 is 2.19 bits per heavy atom. The van der Waals surface area contributed by atoms with Crippen molar-refractivity contribution in [1.82, 2.24) is 25.2 Å². The Hall–Kier alpha value is -2.96. The summed E-state index contributed by atoms with van der Waals surface area (Å²) in [6, 6.07) is 1.95. The number of pyridine rings is 1. The fraction of sp³-hybridized carbons (Fsp3) is 0.400. The number of nitrogens with one attached hydrogen (secondary N) is 1. The smallest absolute Gasteiger partial charge is 0.259 e. The standard InChI is InChI=1S/C20H23N5O2/c1-4-16-18(13(3)27-24-16)20(26)25-9-5-6-17(25)19-15(11-22-23-19)14-7-8-21-10-12(14)2/h7-8,10-11,17H,4-6,9H2,1-3H3,(H,22,23)/t17-/m1/s1. The van der Waals surface area contributed by atoms with Gasteiger partial charge in [-0.1, -0.05) is 12.1 Å². The van der Waals surface area contributed by atoms with E-state index < -0.39 is 0 Å². The number of carbonyl (C=O) groups is 1. The van der Waals surface area contributed by atoms with Gasteiger partial charge in [0.15, 0.2) is 0 Å². The molecule has 0 radical (unpaired) electrons. The molecule has 3 aromatic heterocycles. The number of nitrogens with zero attached hydrogens (tertiary/aromatic N) is 4. The average Bonchev–Trinajstić information content (AvgIpc) is 3.40. The molecule has 1 atom stereocenters. The Kier molecular flexibility index (Phi) is 4.51. The van der Waals surface area contributed by atoms with Gasteiger partial charge >= 0.3 is 0 Å². The van der Waals surface area contributed by atoms with Crippen LogP contribution in [0, 0.1) is 13.8 Å². The molecule has 3 aromatic rings. The van der Waals surface area contributed by atoms with Crippen LogP contribution in [0.15, 0.2) is 29.2 Å². The van der Waals surface area contributed by atoms with Crippen molar-refractivity contribution < 1.29 is 9.32 Å². The number of aromatic amines is 1. The summed E-state index contributed by atoms with van der Waals surface area (Å²) in [5.41, 5.74) is 5.49. The number of hydrogen-bond donors (Lipinski definition) is 1. The highest BCUT2D eigenvalue weighted by molar-refractivity contribution is 5.96. The van der Waals surface area contributed by atoms with Crippen LogP contribution in [0.5, 0.6) is 0 Å². The fourth-order valence-corrected chi connectivity index (χ4v) is 3.93. The zero-order valence-electron chi connectivity index (χ0n) is 15.8. The molecule has 1 fully saturated rings. The maximum absolute atomic E-state index is 13.3. The van der Waals surface area contributed by atoms with Gasteiger partial charge < -0.3 is 9.42 Å². The Morgan fingerprint density at radius 3 is 2.96 bits per heavy atom. The molecule has 27 heavy (non-hydrogen) atoms. The van der Waals surface area contributed by atoms with Crippen LogP contribution in [0.25, 0.3) is 11.1 Å². The Balaban J connectivity index is 1.71. The number of carbonyl (C=O) groups excluding carboxylic acids is 1. The molecule has 0 bridgehead atoms. The van der Waals surface area contributed by atoms with Crippen molar-refractivity contribution >= 4 is 5.91 Å². The Morgan fingerprint density at radius 1 is 1.33 bits per heavy atom. The lowest BCUT2D eigenvalue weighted by Gasteiger charge is -2.25. The minimum absolute atomic E-state index is 0.0138. The maximum atomic E-state index is 13.3. The summed E-state index contributed by atoms with van der Waals surface area (Å²) in [5.74, 6) is 0.567. The number of rotatable bonds is 4. The second kappa shape index (κ2) is 6.98. The van der Waals surface area contributed by atoms with Crippen molar-refractivity contribution in [3.8, 4) is 11.1 Å². The monoisotopic (exact) mass is 365 g/mol. The number of aromatic nitrogens is 4. The third-order valence-electron chi connectivity index (χ3n) is 5.31. The van der Waals surface area contributed by atoms with Crippen molar-refractivity contribution in [3.05, 3.63) is 52.9 Å². The predicted octanol–water partition coefficient (Wildman–Crippen LogP) is 3.62. The normalized spacial score (nSPS) is 16.9. The highest BCUT2D eigenvalue weighted by Gasteiger charge is 2.36. The van der Waals surface area contributed by atoms with Gasteiger partial charge in [0.05, 0.1) is 23.6 Å². The molecule has 7 nitrogen and oxygen atoms in total. The molecular weight excluding hydrogens is 342 g/mol. The third kappa shape index (κ3) is 2.93. The molecule has 4 heterocycles. The molecule has 0 saturated carbocycles. The van der Waals surface area contributed by atoms with E-state index in [2.05, 4.69) is 20.3 Å². The third-order valence-corrected chi connectivity index (χ3v) is 5.31. The van der Waals surface area contributed by atoms with Gasteiger partial charge in [-0.05, 0) is 50.3 Å². The lowest BCUT2D eigenvalue weighted by Crippen LogP contribution is -2.31. The molecule has 1 aliphatic rings. The summed E-state index contributed by atoms with van der Waals surface area (Å²) in [5, 5.41) is 11.5. The minimum Gasteiger partial charge on any atom is -0.361 e. The number of H-pyrrole nitrogens is 1. The van der Waals surface area contributed by atoms with Crippen molar-refractivity contribution in [2.45, 2.75) is 46.1 Å². The topological polar surface area (TPSA) is 87.9 Å². The van der Waals surface area contributed by atoms with Gasteiger partial charge in [-0.25, -0.2) is 0 Å². The van der Waals surface area contributed by atoms with Crippen molar-refractivity contribution in [2.24, 2.45) is 0 Å². The average molecular weight is 365 g/mol. The molecule has 1 N–H and O–H groups in total. The summed E-state index contributed by atoms with van der Waals surface area (Å²) in [6.45, 7) is 6.52. The highest BCUT2D eigenvalue weighted by Crippen LogP contribution is 2.38. The van der Waals surface area contributed by atoms with E-state index >= 15 is 0 Å². The van der Waals surface area contributed by atoms with Crippen molar-refractivity contribution in [3.63, 3.8) is 0 Å². The lowest BCUT2D eigenvalue weighted by atomic mass is 9.98. The van der Waals surface area contributed by atoms with Crippen LogP contribution in [0.2, 0.25) is 0 Å². The number of aryl methyl sites for hydroxylation is 3. The van der Waals surface area contributed by atoms with Crippen molar-refractivity contribution in [1.29, 1.82) is 0 Å². The van der Waals surface area contributed by atoms with Crippen LogP contribution in [0.1, 0.15) is 58.9 Å². The van der Waals surface area contributed by atoms with Crippen LogP contribution in [-0.2, 0) is 6.42 Å². The van der Waals surface area contributed by atoms with Gasteiger partial charge in [0, 0.05) is 24.5 Å². The molecule has 1 aliphatic heterocycles. The number of likely N-dealkylation sites (tertiary alicyclic amines) is 1. The van der Waals surface area contributed by atoms with E-state index in [1.807, 2.05) is 37.2 Å². The first-order valence-electron chi connectivity index (χ1n) is 9.32. The number of hydrogen-bond acceptors (Lipinski definition) is 5. The van der Waals surface area contributed by atoms with Gasteiger partial charge in [-0.3, -0.25) is 14.9 Å². The van der Waals surface area contributed by atoms with Crippen LogP contribution in [-0.4, -0.2) is 37.7 Å². The van der Waals surface area contributed by atoms with Gasteiger partial charge in [-0.15, -0.1) is 0 Å². The quantitative estimate of drug-likeness (QED) is 0.763. The Bertz CT molecular complexity index is 974. The summed E-state index contributed by atoms with van der Waals surface area (Å²) in [7, 11) is 0. The van der Waals surface area contributed by atoms with E-state index in [-0.39, 0.29) is 11.9 Å². The minimum atomic E-state index is -0.0402. The Labute approximate surface area is 157 Å². The summed E-state index contributed by atoms with van der Waals surface area (Å²) in [6.07, 6.45) is 7.98. The first-order valence-corrected chi connectivity index (χ1v) is 9.32. The van der Waals surface area contributed by atoms with E-state index in [1.165, 1.54) is 0 Å². The molecule has 0 unspecified atom stereocenters. The lowest BCUT2D eigenvalue weighted by molar-refractivity contribution is 0.0730. The fourth-order valence-electron chi connectivity index (χ4n) is 3.93. The van der Waals surface area contributed by atoms with Crippen LogP contribution in [0.4, 0.5) is 0 Å². The zero-order chi connectivity index (χ0) is 19.0. The molecule has 0 aliphatic carbocycles. The van der Waals surface area contributed by atoms with Crippen LogP contribution >= 0.6 is 0 Å². The first kappa shape index (κ1) is 17.5. The van der Waals surface area contributed by atoms with E-state index in [0.29, 0.717) is 24.3 Å². The second-order valence-corrected chi connectivity index (χ2v) is 6.96. The van der Waals surface area contributed by atoms with E-state index in [1.54, 1.807) is 13.1 Å². The molecule has 0 aromatic carbocycles. The SMILES string of the molecule is CCc1noc(C)c1C(=O)N1CCC[C@@H]1c1[nH]ncc1-c1ccncc1C. The molecule has 7 heteroatoms. The van der Waals surface area contributed by atoms with Crippen molar-refractivity contribution in [2.75, 3.05) is 6.54 Å². The molecule has 1 saturated heterocycles. The first-order chi connectivity index (χ1) is 13.1. The van der Waals surface area contributed by atoms with Gasteiger partial charge in [0.25, 0.3) is 5.91 Å². The predicted molar refractivity (Wildman–Crippen MR) is 100 cm³/mol. The van der Waals surface area contributed by atoms with E-state index in [9.17, 15) is 4.79 Å². The van der Waals surface area contributed by atoms with Gasteiger partial charge in [0.2, 0.25) is 0 Å². The molecule has 4 rings (SSSR count). The van der Waals surface area contributed by atoms with Gasteiger partial charge in [-0.2, -0.15) is 5.10 Å².